The van der Waals surface area contributed by atoms with Crippen LogP contribution in [0.15, 0.2) is 36.9 Å². The summed E-state index contributed by atoms with van der Waals surface area (Å²) in [6.07, 6.45) is 4.00. The summed E-state index contributed by atoms with van der Waals surface area (Å²) in [4.78, 5) is 18.0. The van der Waals surface area contributed by atoms with E-state index < -0.39 is 0 Å². The molecule has 1 aromatic heterocycles. The number of benzene rings is 1. The van der Waals surface area contributed by atoms with Crippen LogP contribution in [0.3, 0.4) is 0 Å². The summed E-state index contributed by atoms with van der Waals surface area (Å²) in [7, 11) is 2.03. The van der Waals surface area contributed by atoms with Crippen molar-refractivity contribution in [3.05, 3.63) is 42.5 Å². The smallest absolute Gasteiger partial charge is 0.251 e. The molecule has 0 spiro atoms. The molecule has 0 aliphatic heterocycles. The van der Waals surface area contributed by atoms with Gasteiger partial charge in [0, 0.05) is 37.9 Å². The molecule has 6 nitrogen and oxygen atoms in total. The SMILES string of the molecule is CCN(C)c1ccc(C(=O)NCCCn2cncn2)cc1. The van der Waals surface area contributed by atoms with Crippen molar-refractivity contribution in [1.82, 2.24) is 20.1 Å². The molecule has 21 heavy (non-hydrogen) atoms. The third-order valence-electron chi connectivity index (χ3n) is 3.36. The Morgan fingerprint density at radius 1 is 1.33 bits per heavy atom. The van der Waals surface area contributed by atoms with Crippen molar-refractivity contribution >= 4 is 11.6 Å². The van der Waals surface area contributed by atoms with Crippen molar-refractivity contribution in [3.8, 4) is 0 Å². The van der Waals surface area contributed by atoms with Crippen molar-refractivity contribution < 1.29 is 4.79 Å². The van der Waals surface area contributed by atoms with Crippen LogP contribution in [0.5, 0.6) is 0 Å². The van der Waals surface area contributed by atoms with E-state index in [1.807, 2.05) is 31.3 Å². The highest BCUT2D eigenvalue weighted by molar-refractivity contribution is 5.94. The molecule has 2 aromatic rings. The lowest BCUT2D eigenvalue weighted by atomic mass is 10.2. The lowest BCUT2D eigenvalue weighted by Crippen LogP contribution is -2.25. The van der Waals surface area contributed by atoms with E-state index in [0.29, 0.717) is 12.1 Å². The summed E-state index contributed by atoms with van der Waals surface area (Å²) in [5, 5.41) is 6.92. The molecule has 1 amide bonds. The van der Waals surface area contributed by atoms with Gasteiger partial charge in [-0.05, 0) is 37.6 Å². The molecule has 1 N–H and O–H groups in total. The zero-order valence-electron chi connectivity index (χ0n) is 12.5. The topological polar surface area (TPSA) is 63.1 Å². The average Bonchev–Trinajstić information content (AvgIpc) is 3.04. The molecule has 2 rings (SSSR count). The zero-order valence-corrected chi connectivity index (χ0v) is 12.5. The molecular weight excluding hydrogens is 266 g/mol. The van der Waals surface area contributed by atoms with E-state index in [-0.39, 0.29) is 5.91 Å². The number of hydrogen-bond donors (Lipinski definition) is 1. The Labute approximate surface area is 124 Å². The van der Waals surface area contributed by atoms with Crippen LogP contribution in [0.25, 0.3) is 0 Å². The van der Waals surface area contributed by atoms with Gasteiger partial charge in [0.05, 0.1) is 0 Å². The van der Waals surface area contributed by atoms with E-state index in [4.69, 9.17) is 0 Å². The standard InChI is InChI=1S/C15H21N5O/c1-3-19(2)14-7-5-13(6-8-14)15(21)17-9-4-10-20-12-16-11-18-20/h5-8,11-12H,3-4,9-10H2,1-2H3,(H,17,21). The number of aromatic nitrogens is 3. The molecule has 0 saturated carbocycles. The van der Waals surface area contributed by atoms with Crippen LogP contribution in [-0.4, -0.2) is 40.8 Å². The first-order valence-electron chi connectivity index (χ1n) is 7.12. The fraction of sp³-hybridized carbons (Fsp3) is 0.400. The lowest BCUT2D eigenvalue weighted by Gasteiger charge is -2.16. The van der Waals surface area contributed by atoms with Gasteiger partial charge >= 0.3 is 0 Å². The Kier molecular flexibility index (Phi) is 5.31. The number of carbonyl (C=O) groups excluding carboxylic acids is 1. The Morgan fingerprint density at radius 2 is 2.10 bits per heavy atom. The highest BCUT2D eigenvalue weighted by atomic mass is 16.1. The Bertz CT molecular complexity index is 550. The number of amides is 1. The maximum absolute atomic E-state index is 12.0. The van der Waals surface area contributed by atoms with Crippen LogP contribution in [0.2, 0.25) is 0 Å². The van der Waals surface area contributed by atoms with Gasteiger partial charge in [-0.25, -0.2) is 4.98 Å². The van der Waals surface area contributed by atoms with E-state index in [0.717, 1.165) is 25.2 Å². The van der Waals surface area contributed by atoms with Gasteiger partial charge in [-0.15, -0.1) is 0 Å². The van der Waals surface area contributed by atoms with Gasteiger partial charge in [-0.2, -0.15) is 5.10 Å². The van der Waals surface area contributed by atoms with Crippen molar-refractivity contribution in [2.45, 2.75) is 19.9 Å². The zero-order chi connectivity index (χ0) is 15.1. The monoisotopic (exact) mass is 287 g/mol. The number of aryl methyl sites for hydroxylation is 1. The third-order valence-corrected chi connectivity index (χ3v) is 3.36. The molecule has 0 aliphatic rings. The van der Waals surface area contributed by atoms with Gasteiger partial charge in [0.2, 0.25) is 0 Å². The molecule has 0 unspecified atom stereocenters. The number of hydrogen-bond acceptors (Lipinski definition) is 4. The summed E-state index contributed by atoms with van der Waals surface area (Å²) in [6, 6.07) is 7.64. The molecule has 0 fully saturated rings. The second-order valence-electron chi connectivity index (χ2n) is 4.83. The minimum absolute atomic E-state index is 0.0423. The van der Waals surface area contributed by atoms with Crippen LogP contribution >= 0.6 is 0 Å². The first-order chi connectivity index (χ1) is 10.2. The number of carbonyl (C=O) groups is 1. The number of nitrogens with zero attached hydrogens (tertiary/aromatic N) is 4. The van der Waals surface area contributed by atoms with Crippen LogP contribution in [-0.2, 0) is 6.54 Å². The Hall–Kier alpha value is -2.37. The van der Waals surface area contributed by atoms with Crippen molar-refractivity contribution in [2.75, 3.05) is 25.0 Å². The molecule has 0 radical (unpaired) electrons. The first kappa shape index (κ1) is 15.0. The molecular formula is C15H21N5O. The Morgan fingerprint density at radius 3 is 2.71 bits per heavy atom. The van der Waals surface area contributed by atoms with E-state index >= 15 is 0 Å². The van der Waals surface area contributed by atoms with Crippen molar-refractivity contribution in [2.24, 2.45) is 0 Å². The average molecular weight is 287 g/mol. The summed E-state index contributed by atoms with van der Waals surface area (Å²) < 4.78 is 1.75. The maximum atomic E-state index is 12.0. The molecule has 112 valence electrons. The van der Waals surface area contributed by atoms with Crippen LogP contribution < -0.4 is 10.2 Å². The number of anilines is 1. The Balaban J connectivity index is 1.77. The molecule has 1 heterocycles. The summed E-state index contributed by atoms with van der Waals surface area (Å²) >= 11 is 0. The molecule has 0 bridgehead atoms. The highest BCUT2D eigenvalue weighted by Gasteiger charge is 2.05. The highest BCUT2D eigenvalue weighted by Crippen LogP contribution is 2.13. The third kappa shape index (κ3) is 4.30. The summed E-state index contributed by atoms with van der Waals surface area (Å²) in [6.45, 7) is 4.40. The predicted molar refractivity (Wildman–Crippen MR) is 82.4 cm³/mol. The van der Waals surface area contributed by atoms with Crippen LogP contribution in [0.4, 0.5) is 5.69 Å². The number of rotatable bonds is 7. The summed E-state index contributed by atoms with van der Waals surface area (Å²) in [5.41, 5.74) is 1.80. The van der Waals surface area contributed by atoms with E-state index in [2.05, 4.69) is 27.2 Å². The summed E-state index contributed by atoms with van der Waals surface area (Å²) in [5.74, 6) is -0.0423. The normalized spacial score (nSPS) is 10.4. The van der Waals surface area contributed by atoms with Gasteiger partial charge < -0.3 is 10.2 Å². The van der Waals surface area contributed by atoms with Gasteiger partial charge in [0.1, 0.15) is 12.7 Å². The molecule has 0 aliphatic carbocycles. The van der Waals surface area contributed by atoms with E-state index in [9.17, 15) is 4.79 Å². The van der Waals surface area contributed by atoms with E-state index in [1.165, 1.54) is 6.33 Å². The number of nitrogens with one attached hydrogen (secondary N) is 1. The van der Waals surface area contributed by atoms with Gasteiger partial charge in [-0.1, -0.05) is 0 Å². The maximum Gasteiger partial charge on any atom is 0.251 e. The van der Waals surface area contributed by atoms with Crippen LogP contribution in [0.1, 0.15) is 23.7 Å². The fourth-order valence-electron chi connectivity index (χ4n) is 1.94. The van der Waals surface area contributed by atoms with Gasteiger partial charge in [0.25, 0.3) is 5.91 Å². The molecule has 0 atom stereocenters. The predicted octanol–water partition coefficient (Wildman–Crippen LogP) is 1.55. The quantitative estimate of drug-likeness (QED) is 0.785. The molecule has 0 saturated heterocycles. The first-order valence-corrected chi connectivity index (χ1v) is 7.12. The second-order valence-corrected chi connectivity index (χ2v) is 4.83. The molecule has 6 heteroatoms. The lowest BCUT2D eigenvalue weighted by molar-refractivity contribution is 0.0952. The largest absolute Gasteiger partial charge is 0.375 e. The minimum Gasteiger partial charge on any atom is -0.375 e. The van der Waals surface area contributed by atoms with Crippen LogP contribution in [0, 0.1) is 0 Å². The van der Waals surface area contributed by atoms with E-state index in [1.54, 1.807) is 11.0 Å². The van der Waals surface area contributed by atoms with Crippen molar-refractivity contribution in [1.29, 1.82) is 0 Å². The minimum atomic E-state index is -0.0423. The van der Waals surface area contributed by atoms with Crippen molar-refractivity contribution in [3.63, 3.8) is 0 Å². The molecule has 1 aromatic carbocycles. The van der Waals surface area contributed by atoms with Gasteiger partial charge in [0.15, 0.2) is 0 Å². The second kappa shape index (κ2) is 7.42. The van der Waals surface area contributed by atoms with Gasteiger partial charge in [-0.3, -0.25) is 9.48 Å². The fourth-order valence-corrected chi connectivity index (χ4v) is 1.94.